The van der Waals surface area contributed by atoms with Gasteiger partial charge < -0.3 is 60.9 Å². The van der Waals surface area contributed by atoms with Gasteiger partial charge in [-0.1, -0.05) is 6.07 Å². The minimum absolute atomic E-state index is 0.0359. The number of phenols is 4. The van der Waals surface area contributed by atoms with Gasteiger partial charge in [0.05, 0.1) is 18.3 Å². The molecule has 7 atom stereocenters. The number of benzene rings is 2. The van der Waals surface area contributed by atoms with Crippen molar-refractivity contribution in [2.24, 2.45) is 0 Å². The number of phenolic OH excluding ortho intramolecular Hbond substituents is 4. The summed E-state index contributed by atoms with van der Waals surface area (Å²) in [6.07, 6.45) is -12.9. The summed E-state index contributed by atoms with van der Waals surface area (Å²) in [6.45, 7) is -0.939. The Balaban J connectivity index is 1.92. The maximum atomic E-state index is 10.6. The van der Waals surface area contributed by atoms with Crippen LogP contribution < -0.4 is 4.74 Å². The van der Waals surface area contributed by atoms with Gasteiger partial charge in [-0.05, 0) is 17.7 Å². The first kappa shape index (κ1) is 24.8. The lowest BCUT2D eigenvalue weighted by atomic mass is 9.89. The second-order valence-electron chi connectivity index (χ2n) is 7.86. The van der Waals surface area contributed by atoms with Crippen molar-refractivity contribution in [3.8, 4) is 28.7 Å². The lowest BCUT2D eigenvalue weighted by molar-refractivity contribution is -0.141. The number of hydrogen-bond donors (Lipinski definition) is 11. The fourth-order valence-electron chi connectivity index (χ4n) is 3.72. The average molecular weight is 470 g/mol. The Hall–Kier alpha value is -2.84. The van der Waals surface area contributed by atoms with Gasteiger partial charge in [-0.3, -0.25) is 0 Å². The molecule has 11 N–H and O–H groups in total. The van der Waals surface area contributed by atoms with E-state index in [2.05, 4.69) is 0 Å². The monoisotopic (exact) mass is 470 g/mol. The van der Waals surface area contributed by atoms with Gasteiger partial charge in [-0.15, -0.1) is 0 Å². The molecule has 0 fully saturated rings. The SMILES string of the molecule is OCC(O)C(O)C(O)C(O)C(O)c1c(O)cc2c(c1O)CC(O)[C@H](c1ccc(O)c(O)c1)O2. The van der Waals surface area contributed by atoms with Crippen molar-refractivity contribution in [3.63, 3.8) is 0 Å². The van der Waals surface area contributed by atoms with Crippen LogP contribution in [0.1, 0.15) is 28.9 Å². The molecule has 12 heteroatoms. The summed E-state index contributed by atoms with van der Waals surface area (Å²) in [4.78, 5) is 0. The topological polar surface area (TPSA) is 232 Å². The first-order valence-electron chi connectivity index (χ1n) is 9.93. The molecule has 3 rings (SSSR count). The van der Waals surface area contributed by atoms with Gasteiger partial charge in [-0.25, -0.2) is 0 Å². The summed E-state index contributed by atoms with van der Waals surface area (Å²) in [7, 11) is 0. The molecular formula is C21H26O12. The number of aliphatic hydroxyl groups excluding tert-OH is 7. The van der Waals surface area contributed by atoms with Gasteiger partial charge in [0, 0.05) is 18.1 Å². The van der Waals surface area contributed by atoms with Crippen LogP contribution >= 0.6 is 0 Å². The molecule has 0 saturated carbocycles. The molecule has 0 radical (unpaired) electrons. The van der Waals surface area contributed by atoms with E-state index in [0.717, 1.165) is 6.07 Å². The Labute approximate surface area is 187 Å². The van der Waals surface area contributed by atoms with E-state index >= 15 is 0 Å². The maximum absolute atomic E-state index is 10.6. The number of rotatable bonds is 7. The van der Waals surface area contributed by atoms with Crippen molar-refractivity contribution >= 4 is 0 Å². The maximum Gasteiger partial charge on any atom is 0.157 e. The smallest absolute Gasteiger partial charge is 0.157 e. The quantitative estimate of drug-likeness (QED) is 0.198. The van der Waals surface area contributed by atoms with E-state index in [1.807, 2.05) is 0 Å². The van der Waals surface area contributed by atoms with Crippen LogP contribution in [0.15, 0.2) is 24.3 Å². The highest BCUT2D eigenvalue weighted by atomic mass is 16.5. The summed E-state index contributed by atoms with van der Waals surface area (Å²) in [5.41, 5.74) is -0.365. The molecule has 1 aliphatic heterocycles. The molecule has 182 valence electrons. The molecular weight excluding hydrogens is 444 g/mol. The van der Waals surface area contributed by atoms with E-state index in [4.69, 9.17) is 9.84 Å². The zero-order valence-electron chi connectivity index (χ0n) is 17.1. The predicted octanol–water partition coefficient (Wildman–Crippen LogP) is -1.98. The van der Waals surface area contributed by atoms with Gasteiger partial charge in [0.1, 0.15) is 53.9 Å². The zero-order valence-corrected chi connectivity index (χ0v) is 17.1. The first-order chi connectivity index (χ1) is 15.5. The molecule has 2 aromatic carbocycles. The highest BCUT2D eigenvalue weighted by Gasteiger charge is 2.39. The van der Waals surface area contributed by atoms with E-state index < -0.39 is 72.1 Å². The van der Waals surface area contributed by atoms with Gasteiger partial charge in [0.2, 0.25) is 0 Å². The van der Waals surface area contributed by atoms with Crippen LogP contribution in [0.4, 0.5) is 0 Å². The van der Waals surface area contributed by atoms with Crippen LogP contribution in [0.25, 0.3) is 0 Å². The Morgan fingerprint density at radius 1 is 0.848 bits per heavy atom. The van der Waals surface area contributed by atoms with Crippen molar-refractivity contribution in [1.82, 2.24) is 0 Å². The molecule has 6 unspecified atom stereocenters. The number of ether oxygens (including phenoxy) is 1. The summed E-state index contributed by atoms with van der Waals surface area (Å²) in [5, 5.41) is 109. The van der Waals surface area contributed by atoms with E-state index in [9.17, 15) is 51.1 Å². The van der Waals surface area contributed by atoms with Crippen LogP contribution in [-0.2, 0) is 6.42 Å². The summed E-state index contributed by atoms with van der Waals surface area (Å²) in [5.74, 6) is -2.39. The second kappa shape index (κ2) is 9.57. The third-order valence-electron chi connectivity index (χ3n) is 5.63. The third-order valence-corrected chi connectivity index (χ3v) is 5.63. The fraction of sp³-hybridized carbons (Fsp3) is 0.429. The number of aromatic hydroxyl groups is 4. The Bertz CT molecular complexity index is 996. The van der Waals surface area contributed by atoms with Crippen LogP contribution in [-0.4, -0.2) is 93.3 Å². The number of fused-ring (bicyclic) bond motifs is 1. The zero-order chi connectivity index (χ0) is 24.6. The normalized spacial score (nSPS) is 22.5. The molecule has 12 nitrogen and oxygen atoms in total. The fourth-order valence-corrected chi connectivity index (χ4v) is 3.72. The van der Waals surface area contributed by atoms with Gasteiger partial charge in [0.15, 0.2) is 11.5 Å². The lowest BCUT2D eigenvalue weighted by Gasteiger charge is -2.33. The molecule has 0 amide bonds. The standard InChI is InChI=1S/C21H26O12/c22-6-13(27)17(29)19(31)20(32)18(30)15-11(25)5-14-8(16(15)28)4-12(26)21(33-14)7-1-2-9(23)10(24)3-7/h1-3,5,12-13,17-32H,4,6H2/t12?,13?,17?,18?,19?,20?,21-/m0/s1. The minimum atomic E-state index is -2.20. The van der Waals surface area contributed by atoms with Gasteiger partial charge >= 0.3 is 0 Å². The molecule has 0 spiro atoms. The van der Waals surface area contributed by atoms with Gasteiger partial charge in [-0.2, -0.15) is 0 Å². The van der Waals surface area contributed by atoms with Crippen molar-refractivity contribution in [1.29, 1.82) is 0 Å². The van der Waals surface area contributed by atoms with Crippen molar-refractivity contribution in [2.75, 3.05) is 6.61 Å². The molecule has 33 heavy (non-hydrogen) atoms. The van der Waals surface area contributed by atoms with Crippen molar-refractivity contribution < 1.29 is 60.9 Å². The van der Waals surface area contributed by atoms with E-state index in [0.29, 0.717) is 5.56 Å². The largest absolute Gasteiger partial charge is 0.507 e. The predicted molar refractivity (Wildman–Crippen MR) is 109 cm³/mol. The average Bonchev–Trinajstić information content (AvgIpc) is 2.79. The first-order valence-corrected chi connectivity index (χ1v) is 9.93. The highest BCUT2D eigenvalue weighted by molar-refractivity contribution is 5.58. The van der Waals surface area contributed by atoms with Gasteiger partial charge in [0.25, 0.3) is 0 Å². The molecule has 0 bridgehead atoms. The van der Waals surface area contributed by atoms with Crippen LogP contribution in [0.2, 0.25) is 0 Å². The number of hydrogen-bond acceptors (Lipinski definition) is 12. The van der Waals surface area contributed by atoms with E-state index in [-0.39, 0.29) is 23.5 Å². The lowest BCUT2D eigenvalue weighted by Crippen LogP contribution is -2.47. The molecule has 1 aliphatic rings. The summed E-state index contributed by atoms with van der Waals surface area (Å²) >= 11 is 0. The summed E-state index contributed by atoms with van der Waals surface area (Å²) < 4.78 is 5.66. The Morgan fingerprint density at radius 3 is 2.12 bits per heavy atom. The number of aliphatic hydroxyl groups is 7. The molecule has 1 heterocycles. The van der Waals surface area contributed by atoms with E-state index in [1.165, 1.54) is 18.2 Å². The van der Waals surface area contributed by atoms with Crippen molar-refractivity contribution in [2.45, 2.75) is 49.1 Å². The Kier molecular flexibility index (Phi) is 7.19. The highest BCUT2D eigenvalue weighted by Crippen LogP contribution is 2.47. The Morgan fingerprint density at radius 2 is 1.52 bits per heavy atom. The second-order valence-corrected chi connectivity index (χ2v) is 7.86. The molecule has 2 aromatic rings. The third kappa shape index (κ3) is 4.63. The van der Waals surface area contributed by atoms with Crippen molar-refractivity contribution in [3.05, 3.63) is 41.0 Å². The van der Waals surface area contributed by atoms with Crippen LogP contribution in [0.5, 0.6) is 28.7 Å². The molecule has 0 saturated heterocycles. The van der Waals surface area contributed by atoms with E-state index in [1.54, 1.807) is 0 Å². The van der Waals surface area contributed by atoms with Crippen LogP contribution in [0.3, 0.4) is 0 Å². The minimum Gasteiger partial charge on any atom is -0.507 e. The molecule has 0 aromatic heterocycles. The molecule has 0 aliphatic carbocycles. The summed E-state index contributed by atoms with van der Waals surface area (Å²) in [6, 6.07) is 4.77. The van der Waals surface area contributed by atoms with Crippen LogP contribution in [0, 0.1) is 0 Å².